The molecule has 1 N–H and O–H groups in total. The minimum Gasteiger partial charge on any atom is -0.382 e. The molecular weight excluding hydrogens is 116 g/mol. The van der Waals surface area contributed by atoms with Crippen LogP contribution in [0.2, 0.25) is 0 Å². The van der Waals surface area contributed by atoms with E-state index in [1.807, 2.05) is 13.8 Å². The normalized spacial score (nSPS) is 16.8. The summed E-state index contributed by atoms with van der Waals surface area (Å²) in [5, 5.41) is 9.26. The summed E-state index contributed by atoms with van der Waals surface area (Å²) in [6.45, 7) is 3.76. The Bertz CT molecular complexity index is 90.9. The van der Waals surface area contributed by atoms with Crippen LogP contribution in [0.5, 0.6) is 0 Å². The van der Waals surface area contributed by atoms with Crippen LogP contribution in [-0.2, 0) is 4.79 Å². The Kier molecular flexibility index (Phi) is 3.47. The van der Waals surface area contributed by atoms with Gasteiger partial charge >= 0.3 is 0 Å². The van der Waals surface area contributed by atoms with Gasteiger partial charge < -0.3 is 9.90 Å². The van der Waals surface area contributed by atoms with Gasteiger partial charge in [-0.25, -0.2) is 0 Å². The molecule has 0 fully saturated rings. The molecule has 9 heavy (non-hydrogen) atoms. The number of rotatable bonds is 4. The van der Waals surface area contributed by atoms with Gasteiger partial charge in [-0.2, -0.15) is 0 Å². The molecule has 0 amide bonds. The molecule has 0 radical (unpaired) electrons. The van der Waals surface area contributed by atoms with Gasteiger partial charge in [0.2, 0.25) is 0 Å². The van der Waals surface area contributed by atoms with Gasteiger partial charge in [0, 0.05) is 0 Å². The molecule has 0 saturated carbocycles. The number of carbonyl (C=O) groups excluding carboxylic acids is 1. The molecule has 0 aromatic rings. The van der Waals surface area contributed by atoms with E-state index >= 15 is 0 Å². The number of aldehydes is 1. The standard InChI is InChI=1S/C7H14O2/c1-3-5-7(9,4-2)6-8/h6,9H,3-5H2,1-2H3. The second kappa shape index (κ2) is 3.62. The molecule has 2 nitrogen and oxygen atoms in total. The third-order valence-electron chi connectivity index (χ3n) is 1.51. The quantitative estimate of drug-likeness (QED) is 0.579. The van der Waals surface area contributed by atoms with Gasteiger partial charge in [-0.3, -0.25) is 0 Å². The summed E-state index contributed by atoms with van der Waals surface area (Å²) in [5.41, 5.74) is -1.05. The Balaban J connectivity index is 3.76. The van der Waals surface area contributed by atoms with Crippen molar-refractivity contribution >= 4 is 6.29 Å². The van der Waals surface area contributed by atoms with E-state index in [2.05, 4.69) is 0 Å². The molecule has 0 heterocycles. The molecule has 0 rings (SSSR count). The fourth-order valence-electron chi connectivity index (χ4n) is 0.752. The van der Waals surface area contributed by atoms with Crippen molar-refractivity contribution in [3.8, 4) is 0 Å². The highest BCUT2D eigenvalue weighted by Gasteiger charge is 2.21. The van der Waals surface area contributed by atoms with Gasteiger partial charge in [-0.05, 0) is 12.8 Å². The summed E-state index contributed by atoms with van der Waals surface area (Å²) in [6, 6.07) is 0. The maximum atomic E-state index is 10.2. The van der Waals surface area contributed by atoms with Crippen LogP contribution in [0, 0.1) is 0 Å². The highest BCUT2D eigenvalue weighted by molar-refractivity contribution is 5.61. The lowest BCUT2D eigenvalue weighted by molar-refractivity contribution is -0.125. The summed E-state index contributed by atoms with van der Waals surface area (Å²) in [4.78, 5) is 10.2. The summed E-state index contributed by atoms with van der Waals surface area (Å²) in [7, 11) is 0. The Morgan fingerprint density at radius 2 is 2.11 bits per heavy atom. The molecule has 0 aliphatic rings. The first-order chi connectivity index (χ1) is 4.18. The Hall–Kier alpha value is -0.370. The molecule has 54 valence electrons. The molecule has 0 aliphatic carbocycles. The zero-order chi connectivity index (χ0) is 7.33. The molecule has 0 saturated heterocycles. The fourth-order valence-corrected chi connectivity index (χ4v) is 0.752. The zero-order valence-electron chi connectivity index (χ0n) is 6.05. The van der Waals surface area contributed by atoms with Crippen LogP contribution < -0.4 is 0 Å². The van der Waals surface area contributed by atoms with Crippen molar-refractivity contribution in [3.63, 3.8) is 0 Å². The summed E-state index contributed by atoms with van der Waals surface area (Å²) in [5.74, 6) is 0. The minimum absolute atomic E-state index is 0.518. The monoisotopic (exact) mass is 130 g/mol. The number of hydrogen-bond acceptors (Lipinski definition) is 2. The lowest BCUT2D eigenvalue weighted by Gasteiger charge is -2.17. The summed E-state index contributed by atoms with van der Waals surface area (Å²) < 4.78 is 0. The number of carbonyl (C=O) groups is 1. The smallest absolute Gasteiger partial charge is 0.151 e. The second-order valence-corrected chi connectivity index (χ2v) is 2.32. The molecule has 0 aromatic carbocycles. The third-order valence-corrected chi connectivity index (χ3v) is 1.51. The highest BCUT2D eigenvalue weighted by Crippen LogP contribution is 2.12. The van der Waals surface area contributed by atoms with Crippen LogP contribution >= 0.6 is 0 Å². The zero-order valence-corrected chi connectivity index (χ0v) is 6.05. The van der Waals surface area contributed by atoms with Gasteiger partial charge in [0.25, 0.3) is 0 Å². The van der Waals surface area contributed by atoms with E-state index in [9.17, 15) is 9.90 Å². The van der Waals surface area contributed by atoms with Crippen LogP contribution in [0.15, 0.2) is 0 Å². The maximum Gasteiger partial charge on any atom is 0.151 e. The van der Waals surface area contributed by atoms with E-state index in [-0.39, 0.29) is 0 Å². The van der Waals surface area contributed by atoms with Crippen molar-refractivity contribution in [1.82, 2.24) is 0 Å². The number of aliphatic hydroxyl groups is 1. The van der Waals surface area contributed by atoms with Crippen molar-refractivity contribution in [1.29, 1.82) is 0 Å². The van der Waals surface area contributed by atoms with Crippen LogP contribution in [0.25, 0.3) is 0 Å². The predicted octanol–water partition coefficient (Wildman–Crippen LogP) is 1.13. The lowest BCUT2D eigenvalue weighted by atomic mass is 9.97. The van der Waals surface area contributed by atoms with Crippen molar-refractivity contribution in [2.24, 2.45) is 0 Å². The second-order valence-electron chi connectivity index (χ2n) is 2.32. The van der Waals surface area contributed by atoms with E-state index in [4.69, 9.17) is 0 Å². The van der Waals surface area contributed by atoms with Gasteiger partial charge in [0.1, 0.15) is 5.60 Å². The maximum absolute atomic E-state index is 10.2. The predicted molar refractivity (Wildman–Crippen MR) is 36.2 cm³/mol. The molecule has 0 aliphatic heterocycles. The Labute approximate surface area is 55.9 Å². The molecule has 1 unspecified atom stereocenters. The van der Waals surface area contributed by atoms with E-state index in [0.29, 0.717) is 19.1 Å². The largest absolute Gasteiger partial charge is 0.382 e. The Morgan fingerprint density at radius 1 is 1.56 bits per heavy atom. The van der Waals surface area contributed by atoms with Gasteiger partial charge in [-0.15, -0.1) is 0 Å². The molecule has 0 spiro atoms. The van der Waals surface area contributed by atoms with Crippen molar-refractivity contribution in [3.05, 3.63) is 0 Å². The first kappa shape index (κ1) is 8.63. The third kappa shape index (κ3) is 2.61. The minimum atomic E-state index is -1.05. The average Bonchev–Trinajstić information content (AvgIpc) is 1.89. The van der Waals surface area contributed by atoms with Gasteiger partial charge in [-0.1, -0.05) is 20.3 Å². The van der Waals surface area contributed by atoms with Crippen LogP contribution in [0.4, 0.5) is 0 Å². The van der Waals surface area contributed by atoms with Crippen molar-refractivity contribution < 1.29 is 9.90 Å². The molecule has 0 aromatic heterocycles. The van der Waals surface area contributed by atoms with E-state index in [1.165, 1.54) is 0 Å². The average molecular weight is 130 g/mol. The summed E-state index contributed by atoms with van der Waals surface area (Å²) >= 11 is 0. The topological polar surface area (TPSA) is 37.3 Å². The van der Waals surface area contributed by atoms with E-state index in [1.54, 1.807) is 0 Å². The van der Waals surface area contributed by atoms with Crippen molar-refractivity contribution in [2.45, 2.75) is 38.7 Å². The van der Waals surface area contributed by atoms with E-state index in [0.717, 1.165) is 6.42 Å². The molecule has 2 heteroatoms. The Morgan fingerprint density at radius 3 is 2.22 bits per heavy atom. The van der Waals surface area contributed by atoms with Crippen LogP contribution in [-0.4, -0.2) is 17.0 Å². The highest BCUT2D eigenvalue weighted by atomic mass is 16.3. The number of hydrogen-bond donors (Lipinski definition) is 1. The molecular formula is C7H14O2. The summed E-state index contributed by atoms with van der Waals surface area (Å²) in [6.07, 6.45) is 2.58. The molecule has 0 bridgehead atoms. The van der Waals surface area contributed by atoms with Crippen LogP contribution in [0.3, 0.4) is 0 Å². The van der Waals surface area contributed by atoms with Gasteiger partial charge in [0.05, 0.1) is 0 Å². The first-order valence-corrected chi connectivity index (χ1v) is 3.37. The molecule has 1 atom stereocenters. The van der Waals surface area contributed by atoms with Crippen LogP contribution in [0.1, 0.15) is 33.1 Å². The lowest BCUT2D eigenvalue weighted by Crippen LogP contribution is -2.28. The SMILES string of the molecule is CCCC(O)(C=O)CC. The van der Waals surface area contributed by atoms with E-state index < -0.39 is 5.60 Å². The first-order valence-electron chi connectivity index (χ1n) is 3.37. The van der Waals surface area contributed by atoms with Crippen molar-refractivity contribution in [2.75, 3.05) is 0 Å². The fraction of sp³-hybridized carbons (Fsp3) is 0.857. The van der Waals surface area contributed by atoms with Gasteiger partial charge in [0.15, 0.2) is 6.29 Å².